The smallest absolute Gasteiger partial charge is 0.372 e. The molecule has 18 heavy (non-hydrogen) atoms. The molecule has 0 amide bonds. The zero-order chi connectivity index (χ0) is 13.5. The number of hydrogen-bond acceptors (Lipinski definition) is 5. The molecule has 0 saturated heterocycles. The van der Waals surface area contributed by atoms with Gasteiger partial charge in [-0.3, -0.25) is 4.57 Å². The Bertz CT molecular complexity index is 833. The quantitative estimate of drug-likeness (QED) is 0.767. The van der Waals surface area contributed by atoms with Crippen LogP contribution in [0.5, 0.6) is 0 Å². The van der Waals surface area contributed by atoms with E-state index in [1.54, 1.807) is 6.92 Å². The summed E-state index contributed by atoms with van der Waals surface area (Å²) in [6, 6.07) is 3.68. The first-order valence-electron chi connectivity index (χ1n) is 4.97. The maximum atomic E-state index is 11.5. The topological polar surface area (TPSA) is 86.3 Å². The molecule has 0 spiro atoms. The van der Waals surface area contributed by atoms with Gasteiger partial charge in [-0.1, -0.05) is 0 Å². The summed E-state index contributed by atoms with van der Waals surface area (Å²) < 4.78 is 28.1. The summed E-state index contributed by atoms with van der Waals surface area (Å²) in [5, 5.41) is -0.00169. The van der Waals surface area contributed by atoms with Crippen LogP contribution in [0.4, 0.5) is 0 Å². The van der Waals surface area contributed by atoms with Gasteiger partial charge < -0.3 is 4.42 Å². The third kappa shape index (κ3) is 2.06. The van der Waals surface area contributed by atoms with Gasteiger partial charge in [0.1, 0.15) is 0 Å². The van der Waals surface area contributed by atoms with Crippen molar-refractivity contribution in [3.8, 4) is 0 Å². The van der Waals surface area contributed by atoms with Gasteiger partial charge in [0.05, 0.1) is 15.8 Å². The molecule has 0 atom stereocenters. The van der Waals surface area contributed by atoms with Crippen molar-refractivity contribution in [2.45, 2.75) is 18.4 Å². The fourth-order valence-electron chi connectivity index (χ4n) is 1.65. The number of nitrogens with zero attached hydrogens (tertiary/aromatic N) is 1. The fraction of sp³-hybridized carbons (Fsp3) is 0.200. The van der Waals surface area contributed by atoms with Crippen molar-refractivity contribution >= 4 is 30.6 Å². The van der Waals surface area contributed by atoms with Crippen molar-refractivity contribution in [1.82, 2.24) is 4.57 Å². The minimum Gasteiger partial charge on any atom is -0.372 e. The third-order valence-electron chi connectivity index (χ3n) is 2.48. The number of halogens is 1. The molecule has 0 aliphatic carbocycles. The normalized spacial score (nSPS) is 11.9. The Morgan fingerprint density at radius 1 is 1.33 bits per heavy atom. The standard InChI is InChI=1S/C10H8ClNO5S/c1-2-12-8-4-3-6(18(11,15)16)5-7(8)9(13)17-10(12)14/h3-5H,2H2,1H3. The highest BCUT2D eigenvalue weighted by Gasteiger charge is 2.14. The Morgan fingerprint density at radius 3 is 2.56 bits per heavy atom. The van der Waals surface area contributed by atoms with Gasteiger partial charge in [0, 0.05) is 17.2 Å². The molecule has 0 fully saturated rings. The first kappa shape index (κ1) is 12.8. The Morgan fingerprint density at radius 2 is 2.00 bits per heavy atom. The Labute approximate surface area is 106 Å². The lowest BCUT2D eigenvalue weighted by atomic mass is 10.2. The average Bonchev–Trinajstić information content (AvgIpc) is 2.27. The zero-order valence-electron chi connectivity index (χ0n) is 9.21. The lowest BCUT2D eigenvalue weighted by Gasteiger charge is -2.05. The van der Waals surface area contributed by atoms with Crippen LogP contribution < -0.4 is 11.4 Å². The highest BCUT2D eigenvalue weighted by Crippen LogP contribution is 2.18. The number of hydrogen-bond donors (Lipinski definition) is 0. The monoisotopic (exact) mass is 289 g/mol. The van der Waals surface area contributed by atoms with Crippen LogP contribution >= 0.6 is 10.7 Å². The predicted molar refractivity (Wildman–Crippen MR) is 65.5 cm³/mol. The van der Waals surface area contributed by atoms with Crippen LogP contribution in [0.1, 0.15) is 6.92 Å². The molecule has 1 aromatic heterocycles. The van der Waals surface area contributed by atoms with Crippen LogP contribution in [0.3, 0.4) is 0 Å². The molecule has 8 heteroatoms. The summed E-state index contributed by atoms with van der Waals surface area (Å²) in [4.78, 5) is 22.7. The van der Waals surface area contributed by atoms with Crippen molar-refractivity contribution in [2.75, 3.05) is 0 Å². The maximum Gasteiger partial charge on any atom is 0.422 e. The lowest BCUT2D eigenvalue weighted by Crippen LogP contribution is -2.24. The number of fused-ring (bicyclic) bond motifs is 1. The number of benzene rings is 1. The number of aromatic nitrogens is 1. The van der Waals surface area contributed by atoms with E-state index in [1.165, 1.54) is 16.7 Å². The summed E-state index contributed by atoms with van der Waals surface area (Å²) in [7, 11) is 1.25. The van der Waals surface area contributed by atoms with Crippen molar-refractivity contribution in [3.05, 3.63) is 39.2 Å². The fourth-order valence-corrected chi connectivity index (χ4v) is 2.43. The van der Waals surface area contributed by atoms with Gasteiger partial charge in [-0.15, -0.1) is 0 Å². The average molecular weight is 290 g/mol. The molecule has 96 valence electrons. The van der Waals surface area contributed by atoms with Gasteiger partial charge in [-0.2, -0.15) is 0 Å². The Hall–Kier alpha value is -1.60. The molecule has 2 aromatic rings. The van der Waals surface area contributed by atoms with Crippen molar-refractivity contribution in [2.24, 2.45) is 0 Å². The van der Waals surface area contributed by atoms with E-state index >= 15 is 0 Å². The second-order valence-electron chi connectivity index (χ2n) is 3.52. The summed E-state index contributed by atoms with van der Waals surface area (Å²) in [5.74, 6) is -0.781. The van der Waals surface area contributed by atoms with Crippen LogP contribution in [0.25, 0.3) is 10.9 Å². The van der Waals surface area contributed by atoms with E-state index in [0.717, 1.165) is 6.07 Å². The molecule has 0 unspecified atom stereocenters. The number of aryl methyl sites for hydroxylation is 1. The second-order valence-corrected chi connectivity index (χ2v) is 6.08. The van der Waals surface area contributed by atoms with Gasteiger partial charge in [-0.05, 0) is 25.1 Å². The molecule has 0 radical (unpaired) electrons. The molecule has 2 rings (SSSR count). The minimum absolute atomic E-state index is 0.00169. The van der Waals surface area contributed by atoms with Gasteiger partial charge in [0.25, 0.3) is 9.05 Å². The molecule has 1 aromatic carbocycles. The van der Waals surface area contributed by atoms with Gasteiger partial charge >= 0.3 is 11.4 Å². The highest BCUT2D eigenvalue weighted by molar-refractivity contribution is 8.13. The molecule has 0 aliphatic rings. The predicted octanol–water partition coefficient (Wildman–Crippen LogP) is 0.902. The summed E-state index contributed by atoms with van der Waals surface area (Å²) in [6.07, 6.45) is 0. The Kier molecular flexibility index (Phi) is 3.04. The molecular weight excluding hydrogens is 282 g/mol. The van der Waals surface area contributed by atoms with Crippen LogP contribution in [0, 0.1) is 0 Å². The molecular formula is C10H8ClNO5S. The summed E-state index contributed by atoms with van der Waals surface area (Å²) >= 11 is 0. The van der Waals surface area contributed by atoms with Crippen molar-refractivity contribution in [3.63, 3.8) is 0 Å². The number of rotatable bonds is 2. The van der Waals surface area contributed by atoms with E-state index < -0.39 is 20.4 Å². The van der Waals surface area contributed by atoms with Crippen LogP contribution in [-0.4, -0.2) is 13.0 Å². The highest BCUT2D eigenvalue weighted by atomic mass is 35.7. The van der Waals surface area contributed by atoms with Crippen LogP contribution in [0.15, 0.2) is 37.1 Å². The SMILES string of the molecule is CCn1c(=O)oc(=O)c2cc(S(=O)(=O)Cl)ccc21. The molecule has 0 saturated carbocycles. The van der Waals surface area contributed by atoms with Crippen molar-refractivity contribution in [1.29, 1.82) is 0 Å². The van der Waals surface area contributed by atoms with Gasteiger partial charge in [-0.25, -0.2) is 18.0 Å². The molecule has 0 N–H and O–H groups in total. The summed E-state index contributed by atoms with van der Waals surface area (Å²) in [6.45, 7) is 2.00. The van der Waals surface area contributed by atoms with Crippen LogP contribution in [-0.2, 0) is 15.6 Å². The molecule has 1 heterocycles. The second kappa shape index (κ2) is 4.25. The Balaban J connectivity index is 2.97. The molecule has 6 nitrogen and oxygen atoms in total. The molecule has 0 aliphatic heterocycles. The third-order valence-corrected chi connectivity index (χ3v) is 3.83. The van der Waals surface area contributed by atoms with E-state index in [1.807, 2.05) is 0 Å². The maximum absolute atomic E-state index is 11.5. The van der Waals surface area contributed by atoms with Gasteiger partial charge in [0.2, 0.25) is 0 Å². The summed E-state index contributed by atoms with van der Waals surface area (Å²) in [5.41, 5.74) is -0.579. The van der Waals surface area contributed by atoms with E-state index in [0.29, 0.717) is 12.1 Å². The lowest BCUT2D eigenvalue weighted by molar-refractivity contribution is 0.421. The molecule has 0 bridgehead atoms. The largest absolute Gasteiger partial charge is 0.422 e. The van der Waals surface area contributed by atoms with Gasteiger partial charge in [0.15, 0.2) is 0 Å². The zero-order valence-corrected chi connectivity index (χ0v) is 10.8. The van der Waals surface area contributed by atoms with E-state index in [2.05, 4.69) is 4.42 Å². The minimum atomic E-state index is -3.94. The first-order valence-corrected chi connectivity index (χ1v) is 7.28. The first-order chi connectivity index (χ1) is 8.34. The van der Waals surface area contributed by atoms with E-state index in [4.69, 9.17) is 10.7 Å². The van der Waals surface area contributed by atoms with Crippen LogP contribution in [0.2, 0.25) is 0 Å². The van der Waals surface area contributed by atoms with Crippen molar-refractivity contribution < 1.29 is 12.8 Å². The van der Waals surface area contributed by atoms with E-state index in [-0.39, 0.29) is 10.3 Å². The van der Waals surface area contributed by atoms with E-state index in [9.17, 15) is 18.0 Å².